The second kappa shape index (κ2) is 9.74. The van der Waals surface area contributed by atoms with Crippen molar-refractivity contribution in [3.8, 4) is 0 Å². The van der Waals surface area contributed by atoms with E-state index in [2.05, 4.69) is 31.1 Å². The number of rotatable bonds is 7. The van der Waals surface area contributed by atoms with Crippen molar-refractivity contribution < 1.29 is 9.53 Å². The van der Waals surface area contributed by atoms with Gasteiger partial charge in [-0.2, -0.15) is 0 Å². The fraction of sp³-hybridized carbons (Fsp3) is 0.733. The zero-order valence-electron chi connectivity index (χ0n) is 15.2. The molecular weight excluding hydrogens is 310 g/mol. The van der Waals surface area contributed by atoms with Gasteiger partial charge in [-0.25, -0.2) is 4.79 Å². The number of carbonyl (C=O) groups is 1. The highest BCUT2D eigenvalue weighted by Crippen LogP contribution is 2.05. The minimum atomic E-state index is -0.491. The van der Waals surface area contributed by atoms with Crippen LogP contribution in [-0.2, 0) is 17.7 Å². The van der Waals surface area contributed by atoms with E-state index in [1.165, 1.54) is 0 Å². The molecule has 0 atom stereocenters. The first-order valence-corrected chi connectivity index (χ1v) is 8.13. The van der Waals surface area contributed by atoms with E-state index in [4.69, 9.17) is 4.74 Å². The molecule has 1 aromatic heterocycles. The third-order valence-corrected chi connectivity index (χ3v) is 2.97. The fourth-order valence-electron chi connectivity index (χ4n) is 1.91. The highest BCUT2D eigenvalue weighted by Gasteiger charge is 2.15. The molecule has 0 spiro atoms. The number of alkyl carbamates (subject to hydrolysis) is 1. The summed E-state index contributed by atoms with van der Waals surface area (Å²) in [7, 11) is 1.70. The maximum atomic E-state index is 11.5. The van der Waals surface area contributed by atoms with E-state index in [0.717, 1.165) is 18.8 Å². The van der Waals surface area contributed by atoms with E-state index in [1.54, 1.807) is 13.4 Å². The van der Waals surface area contributed by atoms with Crippen molar-refractivity contribution >= 4 is 12.1 Å². The Balaban J connectivity index is 2.20. The highest BCUT2D eigenvalue weighted by atomic mass is 16.6. The molecule has 136 valence electrons. The lowest BCUT2D eigenvalue weighted by atomic mass is 10.2. The molecular formula is C15H29N7O2. The Labute approximate surface area is 143 Å². The molecule has 9 nitrogen and oxygen atoms in total. The minimum Gasteiger partial charge on any atom is -0.444 e. The van der Waals surface area contributed by atoms with Crippen molar-refractivity contribution in [2.24, 2.45) is 4.99 Å². The molecule has 0 aromatic carbocycles. The molecule has 0 radical (unpaired) electrons. The van der Waals surface area contributed by atoms with Gasteiger partial charge in [0, 0.05) is 39.6 Å². The zero-order chi connectivity index (χ0) is 18.0. The molecule has 0 aliphatic rings. The number of carbonyl (C=O) groups excluding carboxylic acids is 1. The van der Waals surface area contributed by atoms with Crippen molar-refractivity contribution in [3.63, 3.8) is 0 Å². The molecule has 0 bridgehead atoms. The predicted octanol–water partition coefficient (Wildman–Crippen LogP) is 0.530. The Morgan fingerprint density at radius 1 is 1.25 bits per heavy atom. The lowest BCUT2D eigenvalue weighted by Crippen LogP contribution is -2.43. The molecule has 3 N–H and O–H groups in total. The summed E-state index contributed by atoms with van der Waals surface area (Å²) in [5.41, 5.74) is -0.491. The van der Waals surface area contributed by atoms with Gasteiger partial charge < -0.3 is 25.3 Å². The number of guanidine groups is 1. The van der Waals surface area contributed by atoms with Crippen LogP contribution < -0.4 is 16.0 Å². The van der Waals surface area contributed by atoms with Crippen LogP contribution in [0.3, 0.4) is 0 Å². The van der Waals surface area contributed by atoms with E-state index in [-0.39, 0.29) is 0 Å². The molecule has 1 heterocycles. The summed E-state index contributed by atoms with van der Waals surface area (Å²) in [4.78, 5) is 15.7. The topological polar surface area (TPSA) is 105 Å². The summed E-state index contributed by atoms with van der Waals surface area (Å²) in [5.74, 6) is 1.63. The third kappa shape index (κ3) is 7.80. The van der Waals surface area contributed by atoms with E-state index in [1.807, 2.05) is 32.3 Å². The van der Waals surface area contributed by atoms with Crippen LogP contribution in [0.4, 0.5) is 4.79 Å². The van der Waals surface area contributed by atoms with Crippen LogP contribution in [0.1, 0.15) is 33.5 Å². The smallest absolute Gasteiger partial charge is 0.407 e. The number of nitrogens with zero attached hydrogens (tertiary/aromatic N) is 4. The second-order valence-electron chi connectivity index (χ2n) is 6.15. The average molecular weight is 339 g/mol. The van der Waals surface area contributed by atoms with Crippen LogP contribution in [0.2, 0.25) is 0 Å². The summed E-state index contributed by atoms with van der Waals surface area (Å²) >= 11 is 0. The number of aliphatic imine (C=N–C) groups is 1. The Kier molecular flexibility index (Phi) is 8.00. The Morgan fingerprint density at radius 2 is 1.92 bits per heavy atom. The number of aromatic nitrogens is 3. The summed E-state index contributed by atoms with van der Waals surface area (Å²) in [6.45, 7) is 9.99. The number of aryl methyl sites for hydroxylation is 1. The maximum Gasteiger partial charge on any atom is 0.407 e. The zero-order valence-corrected chi connectivity index (χ0v) is 15.2. The first-order valence-electron chi connectivity index (χ1n) is 8.13. The molecule has 0 unspecified atom stereocenters. The van der Waals surface area contributed by atoms with Gasteiger partial charge in [-0.3, -0.25) is 4.99 Å². The number of amides is 1. The molecule has 0 aliphatic carbocycles. The number of hydrogen-bond acceptors (Lipinski definition) is 5. The van der Waals surface area contributed by atoms with Crippen molar-refractivity contribution in [1.82, 2.24) is 30.7 Å². The summed E-state index contributed by atoms with van der Waals surface area (Å²) in [6, 6.07) is 0. The van der Waals surface area contributed by atoms with E-state index in [0.29, 0.717) is 25.6 Å². The summed E-state index contributed by atoms with van der Waals surface area (Å²) in [6.07, 6.45) is 2.15. The molecule has 9 heteroatoms. The van der Waals surface area contributed by atoms with Gasteiger partial charge in [0.1, 0.15) is 17.8 Å². The van der Waals surface area contributed by atoms with Crippen LogP contribution in [0.5, 0.6) is 0 Å². The van der Waals surface area contributed by atoms with Gasteiger partial charge in [-0.05, 0) is 20.8 Å². The molecule has 0 fully saturated rings. The minimum absolute atomic E-state index is 0.424. The van der Waals surface area contributed by atoms with Crippen LogP contribution >= 0.6 is 0 Å². The van der Waals surface area contributed by atoms with Crippen LogP contribution in [0, 0.1) is 0 Å². The monoisotopic (exact) mass is 339 g/mol. The van der Waals surface area contributed by atoms with E-state index < -0.39 is 11.7 Å². The van der Waals surface area contributed by atoms with Gasteiger partial charge in [-0.1, -0.05) is 6.92 Å². The van der Waals surface area contributed by atoms with E-state index >= 15 is 0 Å². The first kappa shape index (κ1) is 19.7. The highest BCUT2D eigenvalue weighted by molar-refractivity contribution is 5.79. The second-order valence-corrected chi connectivity index (χ2v) is 6.15. The van der Waals surface area contributed by atoms with Gasteiger partial charge in [0.2, 0.25) is 0 Å². The lowest BCUT2D eigenvalue weighted by Gasteiger charge is -2.20. The average Bonchev–Trinajstić information content (AvgIpc) is 2.95. The molecule has 0 saturated heterocycles. The molecule has 1 amide bonds. The predicted molar refractivity (Wildman–Crippen MR) is 93.0 cm³/mol. The molecule has 24 heavy (non-hydrogen) atoms. The number of nitrogens with one attached hydrogen (secondary N) is 3. The van der Waals surface area contributed by atoms with Gasteiger partial charge in [-0.15, -0.1) is 10.2 Å². The van der Waals surface area contributed by atoms with Crippen molar-refractivity contribution in [2.45, 2.75) is 46.3 Å². The third-order valence-electron chi connectivity index (χ3n) is 2.97. The maximum absolute atomic E-state index is 11.5. The standard InChI is InChI=1S/C15H29N7O2/c1-6-12-21-20-11-22(12)10-9-18-13(16-5)17-7-8-19-14(23)24-15(2,3)4/h11H,6-10H2,1-5H3,(H,19,23)(H2,16,17,18). The fourth-order valence-corrected chi connectivity index (χ4v) is 1.91. The van der Waals surface area contributed by atoms with Gasteiger partial charge >= 0.3 is 6.09 Å². The van der Waals surface area contributed by atoms with Crippen LogP contribution in [0.25, 0.3) is 0 Å². The summed E-state index contributed by atoms with van der Waals surface area (Å²) in [5, 5.41) is 17.0. The van der Waals surface area contributed by atoms with Crippen molar-refractivity contribution in [1.29, 1.82) is 0 Å². The Bertz CT molecular complexity index is 534. The first-order chi connectivity index (χ1) is 11.4. The van der Waals surface area contributed by atoms with Gasteiger partial charge in [0.25, 0.3) is 0 Å². The lowest BCUT2D eigenvalue weighted by molar-refractivity contribution is 0.0529. The van der Waals surface area contributed by atoms with Gasteiger partial charge in [0.15, 0.2) is 5.96 Å². The molecule has 0 saturated carbocycles. The van der Waals surface area contributed by atoms with Gasteiger partial charge in [0.05, 0.1) is 0 Å². The molecule has 1 aromatic rings. The van der Waals surface area contributed by atoms with E-state index in [9.17, 15) is 4.79 Å². The Morgan fingerprint density at radius 3 is 2.54 bits per heavy atom. The van der Waals surface area contributed by atoms with Crippen LogP contribution in [0.15, 0.2) is 11.3 Å². The normalized spacial score (nSPS) is 12.0. The Hall–Kier alpha value is -2.32. The quantitative estimate of drug-likeness (QED) is 0.380. The number of ether oxygens (including phenoxy) is 1. The summed E-state index contributed by atoms with van der Waals surface area (Å²) < 4.78 is 7.17. The SMILES string of the molecule is CCc1nncn1CCNC(=NC)NCCNC(=O)OC(C)(C)C. The van der Waals surface area contributed by atoms with Crippen molar-refractivity contribution in [3.05, 3.63) is 12.2 Å². The van der Waals surface area contributed by atoms with Crippen LogP contribution in [-0.4, -0.2) is 59.1 Å². The van der Waals surface area contributed by atoms with Crippen molar-refractivity contribution in [2.75, 3.05) is 26.7 Å². The number of hydrogen-bond donors (Lipinski definition) is 3. The molecule has 0 aliphatic heterocycles. The molecule has 1 rings (SSSR count). The largest absolute Gasteiger partial charge is 0.444 e.